The van der Waals surface area contributed by atoms with Gasteiger partial charge < -0.3 is 5.43 Å². The lowest BCUT2D eigenvalue weighted by molar-refractivity contribution is 0.637. The van der Waals surface area contributed by atoms with Crippen LogP contribution in [0, 0.1) is 5.92 Å². The summed E-state index contributed by atoms with van der Waals surface area (Å²) in [5.41, 5.74) is 7.28. The van der Waals surface area contributed by atoms with Crippen LogP contribution in [0.1, 0.15) is 44.9 Å². The quantitative estimate of drug-likeness (QED) is 0.615. The standard InChI is InChI=1S/C17H25N3/c1-4-5-6-13-7-8-16-15(10-13)17(20-18)11-14(19-16)9-12(2)3/h7-8,10-12H,4-6,9,18H2,1-3H3,(H,19,20). The van der Waals surface area contributed by atoms with E-state index in [4.69, 9.17) is 10.8 Å². The molecule has 0 atom stereocenters. The van der Waals surface area contributed by atoms with Crippen molar-refractivity contribution in [2.24, 2.45) is 11.8 Å². The number of benzene rings is 1. The Kier molecular flexibility index (Phi) is 4.96. The molecule has 20 heavy (non-hydrogen) atoms. The molecular weight excluding hydrogens is 246 g/mol. The molecule has 0 spiro atoms. The molecule has 0 fully saturated rings. The smallest absolute Gasteiger partial charge is 0.0726 e. The Morgan fingerprint density at radius 3 is 2.70 bits per heavy atom. The molecule has 3 nitrogen and oxygen atoms in total. The highest BCUT2D eigenvalue weighted by Gasteiger charge is 2.07. The van der Waals surface area contributed by atoms with Crippen LogP contribution < -0.4 is 11.3 Å². The number of aryl methyl sites for hydroxylation is 1. The Morgan fingerprint density at radius 1 is 1.25 bits per heavy atom. The molecule has 1 aromatic carbocycles. The molecular formula is C17H25N3. The maximum Gasteiger partial charge on any atom is 0.0726 e. The van der Waals surface area contributed by atoms with E-state index in [-0.39, 0.29) is 0 Å². The summed E-state index contributed by atoms with van der Waals surface area (Å²) < 4.78 is 0. The fraction of sp³-hybridized carbons (Fsp3) is 0.471. The van der Waals surface area contributed by atoms with Crippen molar-refractivity contribution in [1.82, 2.24) is 4.98 Å². The SMILES string of the molecule is CCCCc1ccc2nc(CC(C)C)cc(NN)c2c1. The number of hydrogen-bond donors (Lipinski definition) is 2. The summed E-state index contributed by atoms with van der Waals surface area (Å²) in [6.07, 6.45) is 4.52. The molecule has 2 rings (SSSR count). The second-order valence-corrected chi connectivity index (χ2v) is 5.86. The Hall–Kier alpha value is -1.61. The van der Waals surface area contributed by atoms with Crippen LogP contribution in [0.25, 0.3) is 10.9 Å². The van der Waals surface area contributed by atoms with E-state index >= 15 is 0 Å². The van der Waals surface area contributed by atoms with Crippen molar-refractivity contribution >= 4 is 16.6 Å². The van der Waals surface area contributed by atoms with Gasteiger partial charge in [-0.25, -0.2) is 0 Å². The van der Waals surface area contributed by atoms with Crippen LogP contribution in [-0.2, 0) is 12.8 Å². The van der Waals surface area contributed by atoms with Gasteiger partial charge in [0, 0.05) is 11.1 Å². The first-order valence-corrected chi connectivity index (χ1v) is 7.53. The van der Waals surface area contributed by atoms with Crippen molar-refractivity contribution in [3.05, 3.63) is 35.5 Å². The van der Waals surface area contributed by atoms with Crippen LogP contribution in [0.15, 0.2) is 24.3 Å². The first-order valence-electron chi connectivity index (χ1n) is 7.53. The van der Waals surface area contributed by atoms with Gasteiger partial charge in [0.1, 0.15) is 0 Å². The zero-order valence-corrected chi connectivity index (χ0v) is 12.7. The number of aromatic nitrogens is 1. The number of fused-ring (bicyclic) bond motifs is 1. The molecule has 108 valence electrons. The monoisotopic (exact) mass is 271 g/mol. The molecule has 0 saturated carbocycles. The normalized spacial score (nSPS) is 11.2. The Balaban J connectivity index is 2.41. The summed E-state index contributed by atoms with van der Waals surface area (Å²) >= 11 is 0. The second-order valence-electron chi connectivity index (χ2n) is 5.86. The number of nitrogens with one attached hydrogen (secondary N) is 1. The summed E-state index contributed by atoms with van der Waals surface area (Å²) in [5.74, 6) is 6.28. The highest BCUT2D eigenvalue weighted by atomic mass is 15.2. The van der Waals surface area contributed by atoms with E-state index in [0.717, 1.165) is 35.1 Å². The van der Waals surface area contributed by atoms with Gasteiger partial charge in [0.2, 0.25) is 0 Å². The lowest BCUT2D eigenvalue weighted by atomic mass is 10.0. The van der Waals surface area contributed by atoms with E-state index in [9.17, 15) is 0 Å². The highest BCUT2D eigenvalue weighted by Crippen LogP contribution is 2.25. The predicted octanol–water partition coefficient (Wildman–Crippen LogP) is 4.06. The first kappa shape index (κ1) is 14.8. The number of nitrogens with zero attached hydrogens (tertiary/aromatic N) is 1. The fourth-order valence-electron chi connectivity index (χ4n) is 2.51. The molecule has 0 unspecified atom stereocenters. The first-order chi connectivity index (χ1) is 9.63. The minimum Gasteiger partial charge on any atom is -0.323 e. The van der Waals surface area contributed by atoms with E-state index in [0.29, 0.717) is 5.92 Å². The average Bonchev–Trinajstić information content (AvgIpc) is 2.43. The molecule has 0 aliphatic rings. The number of anilines is 1. The number of pyridine rings is 1. The lowest BCUT2D eigenvalue weighted by Gasteiger charge is -2.12. The number of hydrazine groups is 1. The minimum atomic E-state index is 0.592. The van der Waals surface area contributed by atoms with E-state index in [2.05, 4.69) is 50.5 Å². The predicted molar refractivity (Wildman–Crippen MR) is 86.7 cm³/mol. The maximum atomic E-state index is 5.69. The molecule has 0 amide bonds. The van der Waals surface area contributed by atoms with Gasteiger partial charge in [-0.15, -0.1) is 0 Å². The summed E-state index contributed by atoms with van der Waals surface area (Å²) in [6.45, 7) is 6.62. The van der Waals surface area contributed by atoms with Crippen LogP contribution in [0.4, 0.5) is 5.69 Å². The number of rotatable bonds is 6. The Bertz CT molecular complexity index is 576. The van der Waals surface area contributed by atoms with Crippen LogP contribution in [0.5, 0.6) is 0 Å². The molecule has 3 N–H and O–H groups in total. The van der Waals surface area contributed by atoms with Crippen molar-refractivity contribution in [2.45, 2.75) is 46.5 Å². The molecule has 3 heteroatoms. The largest absolute Gasteiger partial charge is 0.323 e. The van der Waals surface area contributed by atoms with Gasteiger partial charge in [0.15, 0.2) is 0 Å². The third kappa shape index (κ3) is 3.48. The zero-order valence-electron chi connectivity index (χ0n) is 12.7. The third-order valence-electron chi connectivity index (χ3n) is 3.52. The van der Waals surface area contributed by atoms with E-state index in [1.165, 1.54) is 18.4 Å². The van der Waals surface area contributed by atoms with E-state index in [1.54, 1.807) is 0 Å². The third-order valence-corrected chi connectivity index (χ3v) is 3.52. The molecule has 2 aromatic rings. The van der Waals surface area contributed by atoms with Crippen molar-refractivity contribution in [3.8, 4) is 0 Å². The second kappa shape index (κ2) is 6.71. The van der Waals surface area contributed by atoms with Gasteiger partial charge >= 0.3 is 0 Å². The lowest BCUT2D eigenvalue weighted by Crippen LogP contribution is -2.09. The van der Waals surface area contributed by atoms with Crippen LogP contribution in [0.2, 0.25) is 0 Å². The van der Waals surface area contributed by atoms with E-state index in [1.807, 2.05) is 0 Å². The molecule has 1 heterocycles. The number of unbranched alkanes of at least 4 members (excludes halogenated alkanes) is 1. The fourth-order valence-corrected chi connectivity index (χ4v) is 2.51. The summed E-state index contributed by atoms with van der Waals surface area (Å²) in [7, 11) is 0. The maximum absolute atomic E-state index is 5.69. The van der Waals surface area contributed by atoms with Gasteiger partial charge in [-0.05, 0) is 48.9 Å². The molecule has 0 aliphatic heterocycles. The van der Waals surface area contributed by atoms with Gasteiger partial charge in [-0.2, -0.15) is 0 Å². The Labute approximate surface area is 121 Å². The zero-order chi connectivity index (χ0) is 14.5. The summed E-state index contributed by atoms with van der Waals surface area (Å²) in [4.78, 5) is 4.75. The van der Waals surface area contributed by atoms with Crippen LogP contribution >= 0.6 is 0 Å². The topological polar surface area (TPSA) is 50.9 Å². The number of nitrogen functional groups attached to an aromatic ring is 1. The van der Waals surface area contributed by atoms with Crippen molar-refractivity contribution < 1.29 is 0 Å². The van der Waals surface area contributed by atoms with Gasteiger partial charge in [0.25, 0.3) is 0 Å². The Morgan fingerprint density at radius 2 is 2.05 bits per heavy atom. The summed E-state index contributed by atoms with van der Waals surface area (Å²) in [6, 6.07) is 8.59. The summed E-state index contributed by atoms with van der Waals surface area (Å²) in [5, 5.41) is 1.12. The average molecular weight is 271 g/mol. The van der Waals surface area contributed by atoms with Crippen LogP contribution in [-0.4, -0.2) is 4.98 Å². The number of nitrogens with two attached hydrogens (primary N) is 1. The van der Waals surface area contributed by atoms with E-state index < -0.39 is 0 Å². The highest BCUT2D eigenvalue weighted by molar-refractivity contribution is 5.91. The molecule has 0 aliphatic carbocycles. The van der Waals surface area contributed by atoms with Crippen LogP contribution in [0.3, 0.4) is 0 Å². The van der Waals surface area contributed by atoms with Crippen molar-refractivity contribution in [2.75, 3.05) is 5.43 Å². The van der Waals surface area contributed by atoms with Crippen molar-refractivity contribution in [3.63, 3.8) is 0 Å². The molecule has 1 aromatic heterocycles. The number of hydrogen-bond acceptors (Lipinski definition) is 3. The van der Waals surface area contributed by atoms with Crippen molar-refractivity contribution in [1.29, 1.82) is 0 Å². The van der Waals surface area contributed by atoms with Gasteiger partial charge in [0.05, 0.1) is 11.2 Å². The van der Waals surface area contributed by atoms with Gasteiger partial charge in [-0.1, -0.05) is 33.3 Å². The van der Waals surface area contributed by atoms with Gasteiger partial charge in [-0.3, -0.25) is 10.8 Å². The molecule has 0 radical (unpaired) electrons. The molecule has 0 saturated heterocycles. The minimum absolute atomic E-state index is 0.592. The molecule has 0 bridgehead atoms.